The molecule has 1 aliphatic carbocycles. The minimum Gasteiger partial charge on any atom is -0.481 e. The molecule has 4 nitrogen and oxygen atoms in total. The van der Waals surface area contributed by atoms with E-state index in [1.807, 2.05) is 0 Å². The lowest BCUT2D eigenvalue weighted by atomic mass is 9.96. The number of alkyl halides is 6. The minimum absolute atomic E-state index is 0.227. The van der Waals surface area contributed by atoms with Crippen molar-refractivity contribution in [2.75, 3.05) is 13.1 Å². The molecule has 1 N–H and O–H groups in total. The maximum atomic E-state index is 13.0. The van der Waals surface area contributed by atoms with Crippen molar-refractivity contribution in [1.29, 1.82) is 0 Å². The number of carboxylic acids is 1. The highest BCUT2D eigenvalue weighted by Crippen LogP contribution is 2.50. The molecule has 10 heteroatoms. The van der Waals surface area contributed by atoms with Gasteiger partial charge in [-0.15, -0.1) is 0 Å². The number of likely N-dealkylation sites (tertiary alicyclic amines) is 1. The smallest absolute Gasteiger partial charge is 0.416 e. The number of benzene rings is 1. The van der Waals surface area contributed by atoms with Crippen LogP contribution in [0.5, 0.6) is 0 Å². The molecule has 2 unspecified atom stereocenters. The van der Waals surface area contributed by atoms with Gasteiger partial charge in [-0.1, -0.05) is 18.2 Å². The zero-order chi connectivity index (χ0) is 20.1. The largest absolute Gasteiger partial charge is 0.481 e. The Morgan fingerprint density at radius 1 is 1.04 bits per heavy atom. The summed E-state index contributed by atoms with van der Waals surface area (Å²) in [6, 6.07) is 4.48. The van der Waals surface area contributed by atoms with Crippen LogP contribution >= 0.6 is 0 Å². The van der Waals surface area contributed by atoms with Crippen LogP contribution in [0.4, 0.5) is 26.3 Å². The van der Waals surface area contributed by atoms with Crippen LogP contribution in [0.2, 0.25) is 0 Å². The quantitative estimate of drug-likeness (QED) is 0.797. The summed E-state index contributed by atoms with van der Waals surface area (Å²) in [6.45, 7) is -1.30. The van der Waals surface area contributed by atoms with Crippen molar-refractivity contribution in [3.8, 4) is 0 Å². The van der Waals surface area contributed by atoms with Crippen molar-refractivity contribution in [1.82, 2.24) is 4.90 Å². The van der Waals surface area contributed by atoms with Gasteiger partial charge in [-0.05, 0) is 24.0 Å². The van der Waals surface area contributed by atoms with Crippen molar-refractivity contribution in [2.45, 2.75) is 24.7 Å². The lowest BCUT2D eigenvalue weighted by Crippen LogP contribution is -2.34. The predicted molar refractivity (Wildman–Crippen MR) is 79.5 cm³/mol. The molecule has 1 heterocycles. The molecule has 4 atom stereocenters. The van der Waals surface area contributed by atoms with E-state index in [2.05, 4.69) is 0 Å². The second-order valence-electron chi connectivity index (χ2n) is 6.91. The third-order valence-corrected chi connectivity index (χ3v) is 5.12. The van der Waals surface area contributed by atoms with Crippen LogP contribution in [-0.2, 0) is 15.8 Å². The number of amides is 1. The van der Waals surface area contributed by atoms with Crippen LogP contribution in [0.25, 0.3) is 0 Å². The van der Waals surface area contributed by atoms with Crippen LogP contribution in [0.1, 0.15) is 23.5 Å². The molecule has 2 fully saturated rings. The number of carbonyl (C=O) groups excluding carboxylic acids is 1. The second-order valence-corrected chi connectivity index (χ2v) is 6.91. The molecule has 0 bridgehead atoms. The minimum atomic E-state index is -4.75. The SMILES string of the molecule is O=C(O)[C@@H]1CN(C(=O)C2CC2c2cccc(C(F)(F)F)c2)C[C@H]1C(F)(F)F. The fraction of sp³-hybridized carbons (Fsp3) is 0.529. The third-order valence-electron chi connectivity index (χ3n) is 5.12. The van der Waals surface area contributed by atoms with Gasteiger partial charge in [0.05, 0.1) is 17.4 Å². The molecule has 1 saturated carbocycles. The summed E-state index contributed by atoms with van der Waals surface area (Å²) in [5, 5.41) is 8.99. The molecule has 2 aliphatic rings. The summed E-state index contributed by atoms with van der Waals surface area (Å²) < 4.78 is 77.4. The molecule has 0 aromatic heterocycles. The highest BCUT2D eigenvalue weighted by Gasteiger charge is 2.56. The summed E-state index contributed by atoms with van der Waals surface area (Å²) in [6.07, 6.45) is -9.05. The Morgan fingerprint density at radius 2 is 1.70 bits per heavy atom. The van der Waals surface area contributed by atoms with Gasteiger partial charge in [0.2, 0.25) is 5.91 Å². The summed E-state index contributed by atoms with van der Waals surface area (Å²) in [4.78, 5) is 24.4. The molecule has 1 amide bonds. The Kier molecular flexibility index (Phi) is 4.63. The first kappa shape index (κ1) is 19.5. The molecule has 1 aliphatic heterocycles. The number of carboxylic acid groups (broad SMARTS) is 1. The Morgan fingerprint density at radius 3 is 2.22 bits per heavy atom. The maximum Gasteiger partial charge on any atom is 0.416 e. The zero-order valence-corrected chi connectivity index (χ0v) is 13.7. The van der Waals surface area contributed by atoms with Crippen molar-refractivity contribution < 1.29 is 41.0 Å². The lowest BCUT2D eigenvalue weighted by molar-refractivity contribution is -0.188. The standard InChI is InChI=1S/C17H15F6NO3/c18-16(19,20)9-3-1-2-8(4-9)10-5-11(10)14(25)24-6-12(15(26)27)13(7-24)17(21,22)23/h1-4,10-13H,5-7H2,(H,26,27)/t10?,11?,12-,13-/m1/s1. The molecule has 0 radical (unpaired) electrons. The van der Waals surface area contributed by atoms with Crippen LogP contribution in [0, 0.1) is 17.8 Å². The average molecular weight is 395 g/mol. The van der Waals surface area contributed by atoms with E-state index in [0.717, 1.165) is 17.0 Å². The van der Waals surface area contributed by atoms with Gasteiger partial charge in [0.25, 0.3) is 0 Å². The normalized spacial score (nSPS) is 28.3. The van der Waals surface area contributed by atoms with Crippen molar-refractivity contribution in [3.63, 3.8) is 0 Å². The fourth-order valence-corrected chi connectivity index (χ4v) is 3.58. The number of rotatable bonds is 3. The van der Waals surface area contributed by atoms with E-state index in [1.54, 1.807) is 0 Å². The van der Waals surface area contributed by atoms with Crippen molar-refractivity contribution in [2.24, 2.45) is 17.8 Å². The zero-order valence-electron chi connectivity index (χ0n) is 13.7. The lowest BCUT2D eigenvalue weighted by Gasteiger charge is -2.18. The van der Waals surface area contributed by atoms with Crippen LogP contribution in [0.3, 0.4) is 0 Å². The van der Waals surface area contributed by atoms with Crippen molar-refractivity contribution in [3.05, 3.63) is 35.4 Å². The number of hydrogen-bond donors (Lipinski definition) is 1. The average Bonchev–Trinajstić information content (AvgIpc) is 3.21. The first-order chi connectivity index (χ1) is 12.4. The molecule has 27 heavy (non-hydrogen) atoms. The first-order valence-corrected chi connectivity index (χ1v) is 8.15. The van der Waals surface area contributed by atoms with Crippen LogP contribution < -0.4 is 0 Å². The molecule has 3 rings (SSSR count). The van der Waals surface area contributed by atoms with E-state index in [4.69, 9.17) is 5.11 Å². The van der Waals surface area contributed by atoms with E-state index in [0.29, 0.717) is 5.56 Å². The summed E-state index contributed by atoms with van der Waals surface area (Å²) in [5.41, 5.74) is -0.563. The fourth-order valence-electron chi connectivity index (χ4n) is 3.58. The van der Waals surface area contributed by atoms with Gasteiger partial charge in [0, 0.05) is 19.0 Å². The molecule has 148 valence electrons. The van der Waals surface area contributed by atoms with Crippen LogP contribution in [-0.4, -0.2) is 41.1 Å². The maximum absolute atomic E-state index is 13.0. The van der Waals surface area contributed by atoms with Crippen LogP contribution in [0.15, 0.2) is 24.3 Å². The predicted octanol–water partition coefficient (Wildman–Crippen LogP) is 3.53. The first-order valence-electron chi connectivity index (χ1n) is 8.15. The number of nitrogens with zero attached hydrogens (tertiary/aromatic N) is 1. The number of aliphatic carboxylic acids is 1. The summed E-state index contributed by atoms with van der Waals surface area (Å²) >= 11 is 0. The van der Waals surface area contributed by atoms with Gasteiger partial charge in [-0.2, -0.15) is 26.3 Å². The Balaban J connectivity index is 1.71. The molecular formula is C17H15F6NO3. The van der Waals surface area contributed by atoms with Gasteiger partial charge in [0.15, 0.2) is 0 Å². The van der Waals surface area contributed by atoms with Crippen molar-refractivity contribution >= 4 is 11.9 Å². The highest BCUT2D eigenvalue weighted by molar-refractivity contribution is 5.84. The number of carbonyl (C=O) groups is 2. The topological polar surface area (TPSA) is 57.6 Å². The Hall–Kier alpha value is -2.26. The third kappa shape index (κ3) is 3.89. The number of halogens is 6. The van der Waals surface area contributed by atoms with E-state index in [9.17, 15) is 35.9 Å². The number of hydrogen-bond acceptors (Lipinski definition) is 2. The van der Waals surface area contributed by atoms with Gasteiger partial charge in [0.1, 0.15) is 0 Å². The highest BCUT2D eigenvalue weighted by atomic mass is 19.4. The molecule has 0 spiro atoms. The van der Waals surface area contributed by atoms with Gasteiger partial charge in [-0.3, -0.25) is 9.59 Å². The van der Waals surface area contributed by atoms with Gasteiger partial charge in [-0.25, -0.2) is 0 Å². The van der Waals surface area contributed by atoms with E-state index in [-0.39, 0.29) is 6.42 Å². The molecule has 1 aromatic carbocycles. The van der Waals surface area contributed by atoms with Gasteiger partial charge < -0.3 is 10.0 Å². The molecular weight excluding hydrogens is 380 g/mol. The monoisotopic (exact) mass is 395 g/mol. The van der Waals surface area contributed by atoms with E-state index in [1.165, 1.54) is 12.1 Å². The summed E-state index contributed by atoms with van der Waals surface area (Å²) in [5.74, 6) is -7.39. The molecule has 1 aromatic rings. The van der Waals surface area contributed by atoms with Gasteiger partial charge >= 0.3 is 18.3 Å². The van der Waals surface area contributed by atoms with E-state index < -0.39 is 66.6 Å². The Labute approximate surface area is 149 Å². The summed E-state index contributed by atoms with van der Waals surface area (Å²) in [7, 11) is 0. The Bertz CT molecular complexity index is 760. The molecule has 1 saturated heterocycles. The second kappa shape index (κ2) is 6.42. The van der Waals surface area contributed by atoms with E-state index >= 15 is 0 Å².